The first-order valence-corrected chi connectivity index (χ1v) is 10.8. The Balaban J connectivity index is 2.30. The molecule has 0 radical (unpaired) electrons. The number of nitrogens with zero attached hydrogens (tertiary/aromatic N) is 1. The number of rotatable bonds is 7. The van der Waals surface area contributed by atoms with Crippen molar-refractivity contribution in [1.82, 2.24) is 4.57 Å². The third-order valence-corrected chi connectivity index (χ3v) is 6.77. The van der Waals surface area contributed by atoms with Crippen LogP contribution in [0.2, 0.25) is 0 Å². The van der Waals surface area contributed by atoms with Crippen molar-refractivity contribution in [1.29, 1.82) is 0 Å². The average Bonchev–Trinajstić information content (AvgIpc) is 3.04. The van der Waals surface area contributed by atoms with E-state index in [0.717, 1.165) is 22.0 Å². The van der Waals surface area contributed by atoms with E-state index in [1.807, 2.05) is 42.7 Å². The van der Waals surface area contributed by atoms with Crippen LogP contribution in [0.25, 0.3) is 22.0 Å². The van der Waals surface area contributed by atoms with Crippen LogP contribution in [-0.2, 0) is 13.6 Å². The van der Waals surface area contributed by atoms with Gasteiger partial charge >= 0.3 is 7.60 Å². The zero-order chi connectivity index (χ0) is 20.5. The lowest BCUT2D eigenvalue weighted by Crippen LogP contribution is -2.14. The van der Waals surface area contributed by atoms with E-state index in [4.69, 9.17) is 9.05 Å². The van der Waals surface area contributed by atoms with Gasteiger partial charge in [-0.1, -0.05) is 30.3 Å². The third-order valence-electron chi connectivity index (χ3n) is 4.87. The highest BCUT2D eigenvalue weighted by molar-refractivity contribution is 7.53. The fourth-order valence-corrected chi connectivity index (χ4v) is 4.65. The summed E-state index contributed by atoms with van der Waals surface area (Å²) >= 11 is 0. The van der Waals surface area contributed by atoms with Crippen LogP contribution in [0.3, 0.4) is 0 Å². The Kier molecular flexibility index (Phi) is 6.06. The van der Waals surface area contributed by atoms with Gasteiger partial charge in [-0.05, 0) is 37.6 Å². The molecule has 0 bridgehead atoms. The van der Waals surface area contributed by atoms with Gasteiger partial charge in [0.15, 0.2) is 0 Å². The molecule has 5 nitrogen and oxygen atoms in total. The molecule has 0 aliphatic heterocycles. The van der Waals surface area contributed by atoms with Crippen molar-refractivity contribution >= 4 is 18.5 Å². The summed E-state index contributed by atoms with van der Waals surface area (Å²) in [7, 11) is -0.836. The number of hydrogen-bond donors (Lipinski definition) is 1. The Morgan fingerprint density at radius 3 is 2.25 bits per heavy atom. The SMILES string of the molecule is COP(=O)(CC(O)c1c(-c2ccc(F)cc2)c2ccccc2n1C(C)C)OC. The van der Waals surface area contributed by atoms with Crippen LogP contribution in [0.5, 0.6) is 0 Å². The molecule has 0 amide bonds. The molecule has 1 atom stereocenters. The van der Waals surface area contributed by atoms with Gasteiger partial charge in [0.2, 0.25) is 0 Å². The second kappa shape index (κ2) is 8.18. The summed E-state index contributed by atoms with van der Waals surface area (Å²) in [5.74, 6) is -0.332. The summed E-state index contributed by atoms with van der Waals surface area (Å²) in [6.07, 6.45) is -1.28. The summed E-state index contributed by atoms with van der Waals surface area (Å²) in [5, 5.41) is 12.1. The van der Waals surface area contributed by atoms with Crippen molar-refractivity contribution in [2.45, 2.75) is 26.0 Å². The van der Waals surface area contributed by atoms with E-state index in [0.29, 0.717) is 5.69 Å². The van der Waals surface area contributed by atoms with Gasteiger partial charge < -0.3 is 18.7 Å². The first kappa shape index (κ1) is 20.7. The maximum absolute atomic E-state index is 13.5. The van der Waals surface area contributed by atoms with Gasteiger partial charge in [-0.15, -0.1) is 0 Å². The minimum Gasteiger partial charge on any atom is -0.386 e. The van der Waals surface area contributed by atoms with Gasteiger partial charge in [-0.25, -0.2) is 4.39 Å². The zero-order valence-electron chi connectivity index (χ0n) is 16.4. The Bertz CT molecular complexity index is 1010. The monoisotopic (exact) mass is 405 g/mol. The van der Waals surface area contributed by atoms with Gasteiger partial charge in [0.1, 0.15) is 11.9 Å². The highest BCUT2D eigenvalue weighted by Gasteiger charge is 2.32. The number of benzene rings is 2. The molecule has 1 unspecified atom stereocenters. The predicted octanol–water partition coefficient (Wildman–Crippen LogP) is 5.55. The van der Waals surface area contributed by atoms with Crippen LogP contribution >= 0.6 is 7.60 Å². The largest absolute Gasteiger partial charge is 0.386 e. The van der Waals surface area contributed by atoms with Crippen LogP contribution in [0.15, 0.2) is 48.5 Å². The Hall–Kier alpha value is -1.98. The van der Waals surface area contributed by atoms with Crippen LogP contribution in [0.4, 0.5) is 4.39 Å². The highest BCUT2D eigenvalue weighted by atomic mass is 31.2. The van der Waals surface area contributed by atoms with Crippen molar-refractivity contribution < 1.29 is 23.1 Å². The topological polar surface area (TPSA) is 60.7 Å². The Morgan fingerprint density at radius 1 is 1.07 bits per heavy atom. The van der Waals surface area contributed by atoms with E-state index < -0.39 is 13.7 Å². The van der Waals surface area contributed by atoms with Gasteiger partial charge in [0, 0.05) is 36.7 Å². The maximum Gasteiger partial charge on any atom is 0.333 e. The Labute approximate surface area is 164 Å². The molecule has 0 spiro atoms. The van der Waals surface area contributed by atoms with E-state index in [1.165, 1.54) is 26.4 Å². The van der Waals surface area contributed by atoms with Gasteiger partial charge in [-0.3, -0.25) is 4.57 Å². The summed E-state index contributed by atoms with van der Waals surface area (Å²) in [5.41, 5.74) is 3.11. The molecule has 150 valence electrons. The number of aromatic nitrogens is 1. The van der Waals surface area contributed by atoms with Gasteiger partial charge in [-0.2, -0.15) is 0 Å². The number of halogens is 1. The average molecular weight is 405 g/mol. The lowest BCUT2D eigenvalue weighted by molar-refractivity contribution is 0.175. The zero-order valence-corrected chi connectivity index (χ0v) is 17.3. The van der Waals surface area contributed by atoms with Gasteiger partial charge in [0.25, 0.3) is 0 Å². The lowest BCUT2D eigenvalue weighted by Gasteiger charge is -2.23. The van der Waals surface area contributed by atoms with E-state index in [-0.39, 0.29) is 18.0 Å². The standard InChI is InChI=1S/C21H25FNO4P/c1-14(2)23-18-8-6-5-7-17(18)20(15-9-11-16(22)12-10-15)21(23)19(24)13-28(25,26-3)27-4/h5-12,14,19,24H,13H2,1-4H3. The summed E-state index contributed by atoms with van der Waals surface area (Å²) in [6.45, 7) is 4.03. The number of para-hydroxylation sites is 1. The van der Waals surface area contributed by atoms with Crippen LogP contribution < -0.4 is 0 Å². The van der Waals surface area contributed by atoms with Gasteiger partial charge in [0.05, 0.1) is 11.9 Å². The molecule has 1 N–H and O–H groups in total. The molecule has 3 aromatic rings. The lowest BCUT2D eigenvalue weighted by atomic mass is 10.00. The minimum atomic E-state index is -3.44. The third kappa shape index (κ3) is 3.78. The van der Waals surface area contributed by atoms with Crippen LogP contribution in [0, 0.1) is 5.82 Å². The molecule has 7 heteroatoms. The maximum atomic E-state index is 13.5. The van der Waals surface area contributed by atoms with Crippen molar-refractivity contribution in [2.24, 2.45) is 0 Å². The molecule has 3 rings (SSSR count). The molecule has 0 fully saturated rings. The van der Waals surface area contributed by atoms with Crippen molar-refractivity contribution in [3.05, 3.63) is 60.0 Å². The highest BCUT2D eigenvalue weighted by Crippen LogP contribution is 2.51. The molecule has 0 saturated heterocycles. The van der Waals surface area contributed by atoms with E-state index in [9.17, 15) is 14.1 Å². The van der Waals surface area contributed by atoms with E-state index >= 15 is 0 Å². The molecule has 2 aromatic carbocycles. The van der Waals surface area contributed by atoms with Crippen LogP contribution in [-0.4, -0.2) is 30.1 Å². The van der Waals surface area contributed by atoms with Crippen molar-refractivity contribution in [3.63, 3.8) is 0 Å². The fourth-order valence-electron chi connectivity index (χ4n) is 3.61. The van der Waals surface area contributed by atoms with E-state index in [2.05, 4.69) is 0 Å². The summed E-state index contributed by atoms with van der Waals surface area (Å²) in [4.78, 5) is 0. The molecule has 28 heavy (non-hydrogen) atoms. The molecule has 1 aromatic heterocycles. The normalized spacial score (nSPS) is 13.4. The minimum absolute atomic E-state index is 0.0354. The number of aliphatic hydroxyl groups is 1. The van der Waals surface area contributed by atoms with Crippen LogP contribution in [0.1, 0.15) is 31.7 Å². The first-order chi connectivity index (χ1) is 13.3. The summed E-state index contributed by atoms with van der Waals surface area (Å²) in [6, 6.07) is 14.0. The quantitative estimate of drug-likeness (QED) is 0.524. The fraction of sp³-hybridized carbons (Fsp3) is 0.333. The molecule has 1 heterocycles. The smallest absolute Gasteiger partial charge is 0.333 e. The van der Waals surface area contributed by atoms with Crippen molar-refractivity contribution in [2.75, 3.05) is 20.4 Å². The van der Waals surface area contributed by atoms with Crippen molar-refractivity contribution in [3.8, 4) is 11.1 Å². The number of fused-ring (bicyclic) bond motifs is 1. The number of aliphatic hydroxyl groups excluding tert-OH is 1. The molecule has 0 aliphatic carbocycles. The Morgan fingerprint density at radius 2 is 1.68 bits per heavy atom. The molecule has 0 aliphatic rings. The molecule has 0 saturated carbocycles. The number of hydrogen-bond acceptors (Lipinski definition) is 4. The predicted molar refractivity (Wildman–Crippen MR) is 109 cm³/mol. The second-order valence-corrected chi connectivity index (χ2v) is 9.24. The van der Waals surface area contributed by atoms with E-state index in [1.54, 1.807) is 12.1 Å². The summed E-state index contributed by atoms with van der Waals surface area (Å²) < 4.78 is 38.2. The second-order valence-electron chi connectivity index (χ2n) is 6.92. The molecular weight excluding hydrogens is 380 g/mol. The first-order valence-electron chi connectivity index (χ1n) is 9.08. The molecular formula is C21H25FNO4P.